The van der Waals surface area contributed by atoms with Gasteiger partial charge in [0.1, 0.15) is 6.04 Å². The van der Waals surface area contributed by atoms with Crippen LogP contribution >= 0.6 is 0 Å². The van der Waals surface area contributed by atoms with E-state index in [0.717, 1.165) is 0 Å². The van der Waals surface area contributed by atoms with Gasteiger partial charge in [-0.2, -0.15) is 13.2 Å². The van der Waals surface area contributed by atoms with Crippen molar-refractivity contribution < 1.29 is 27.9 Å². The van der Waals surface area contributed by atoms with Gasteiger partial charge in [-0.3, -0.25) is 9.59 Å². The molecule has 0 aromatic heterocycles. The Bertz CT molecular complexity index is 201. The van der Waals surface area contributed by atoms with Gasteiger partial charge in [0.25, 0.3) is 0 Å². The van der Waals surface area contributed by atoms with Crippen LogP contribution in [-0.4, -0.2) is 29.1 Å². The van der Waals surface area contributed by atoms with E-state index in [2.05, 4.69) is 0 Å². The number of hydrogen-bond acceptors (Lipinski definition) is 3. The third-order valence-corrected chi connectivity index (χ3v) is 1.04. The molecule has 4 nitrogen and oxygen atoms in total. The molecule has 12 heavy (non-hydrogen) atoms. The fourth-order valence-electron chi connectivity index (χ4n) is 0.403. The average molecular weight is 185 g/mol. The number of nitrogens with two attached hydrogens (primary N) is 1. The summed E-state index contributed by atoms with van der Waals surface area (Å²) in [6, 6.07) is -1.79. The van der Waals surface area contributed by atoms with E-state index >= 15 is 0 Å². The minimum Gasteiger partial charge on any atom is -0.480 e. The number of rotatable bonds is 3. The lowest BCUT2D eigenvalue weighted by Gasteiger charge is -2.07. The van der Waals surface area contributed by atoms with Crippen molar-refractivity contribution in [3.8, 4) is 0 Å². The molecule has 1 unspecified atom stereocenters. The van der Waals surface area contributed by atoms with Gasteiger partial charge in [-0.15, -0.1) is 0 Å². The van der Waals surface area contributed by atoms with Crippen molar-refractivity contribution in [2.45, 2.75) is 18.6 Å². The third kappa shape index (κ3) is 3.33. The number of carboxylic acid groups (broad SMARTS) is 1. The highest BCUT2D eigenvalue weighted by atomic mass is 19.4. The summed E-state index contributed by atoms with van der Waals surface area (Å²) >= 11 is 0. The molecule has 0 aliphatic carbocycles. The van der Waals surface area contributed by atoms with Gasteiger partial charge in [-0.1, -0.05) is 0 Å². The lowest BCUT2D eigenvalue weighted by molar-refractivity contribution is -0.172. The van der Waals surface area contributed by atoms with Crippen LogP contribution < -0.4 is 5.73 Å². The first-order chi connectivity index (χ1) is 5.25. The molecule has 0 aliphatic heterocycles. The molecule has 1 atom stereocenters. The topological polar surface area (TPSA) is 80.4 Å². The van der Waals surface area contributed by atoms with Crippen molar-refractivity contribution in [1.29, 1.82) is 0 Å². The van der Waals surface area contributed by atoms with Gasteiger partial charge in [0.2, 0.25) is 5.78 Å². The van der Waals surface area contributed by atoms with E-state index in [0.29, 0.717) is 0 Å². The maximum absolute atomic E-state index is 11.5. The Morgan fingerprint density at radius 1 is 1.42 bits per heavy atom. The summed E-state index contributed by atoms with van der Waals surface area (Å²) in [7, 11) is 0. The first kappa shape index (κ1) is 10.9. The number of carbonyl (C=O) groups is 2. The van der Waals surface area contributed by atoms with E-state index in [1.54, 1.807) is 0 Å². The fraction of sp³-hybridized carbons (Fsp3) is 0.600. The van der Waals surface area contributed by atoms with Crippen LogP contribution in [0.1, 0.15) is 6.42 Å². The molecule has 0 saturated carbocycles. The summed E-state index contributed by atoms with van der Waals surface area (Å²) in [4.78, 5) is 20.0. The van der Waals surface area contributed by atoms with Gasteiger partial charge < -0.3 is 10.8 Å². The number of halogens is 3. The third-order valence-electron chi connectivity index (χ3n) is 1.04. The molecule has 0 aromatic rings. The maximum Gasteiger partial charge on any atom is 0.450 e. The van der Waals surface area contributed by atoms with Crippen LogP contribution in [0.3, 0.4) is 0 Å². The zero-order valence-corrected chi connectivity index (χ0v) is 5.76. The van der Waals surface area contributed by atoms with Gasteiger partial charge in [-0.05, 0) is 0 Å². The van der Waals surface area contributed by atoms with E-state index in [-0.39, 0.29) is 0 Å². The van der Waals surface area contributed by atoms with Gasteiger partial charge in [-0.25, -0.2) is 0 Å². The Kier molecular flexibility index (Phi) is 3.20. The quantitative estimate of drug-likeness (QED) is 0.644. The van der Waals surface area contributed by atoms with Crippen LogP contribution in [0.5, 0.6) is 0 Å². The standard InChI is InChI=1S/C5H6F3NO3/c6-5(7,8)3(10)1-2(9)4(11)12/h2H,1,9H2,(H,11,12). The second-order valence-corrected chi connectivity index (χ2v) is 2.07. The number of aliphatic carboxylic acids is 1. The monoisotopic (exact) mass is 185 g/mol. The van der Waals surface area contributed by atoms with Crippen molar-refractivity contribution in [1.82, 2.24) is 0 Å². The number of carboxylic acids is 1. The molecule has 0 spiro atoms. The lowest BCUT2D eigenvalue weighted by Crippen LogP contribution is -2.36. The number of hydrogen-bond donors (Lipinski definition) is 2. The molecule has 70 valence electrons. The lowest BCUT2D eigenvalue weighted by atomic mass is 10.1. The highest BCUT2D eigenvalue weighted by molar-refractivity contribution is 5.89. The van der Waals surface area contributed by atoms with Gasteiger partial charge in [0.15, 0.2) is 0 Å². The Labute approximate surface area is 65.2 Å². The molecule has 0 aliphatic rings. The van der Waals surface area contributed by atoms with E-state index in [9.17, 15) is 22.8 Å². The summed E-state index contributed by atoms with van der Waals surface area (Å²) in [5.74, 6) is -3.76. The van der Waals surface area contributed by atoms with Gasteiger partial charge >= 0.3 is 12.1 Å². The SMILES string of the molecule is NC(CC(=O)C(F)(F)F)C(=O)O. The summed E-state index contributed by atoms with van der Waals surface area (Å²) in [5.41, 5.74) is 4.69. The molecule has 0 aromatic carbocycles. The highest BCUT2D eigenvalue weighted by Crippen LogP contribution is 2.18. The zero-order valence-electron chi connectivity index (χ0n) is 5.76. The Morgan fingerprint density at radius 2 is 1.83 bits per heavy atom. The Morgan fingerprint density at radius 3 is 2.08 bits per heavy atom. The molecule has 0 heterocycles. The molecule has 0 rings (SSSR count). The van der Waals surface area contributed by atoms with Crippen LogP contribution in [0.25, 0.3) is 0 Å². The van der Waals surface area contributed by atoms with E-state index in [1.807, 2.05) is 0 Å². The summed E-state index contributed by atoms with van der Waals surface area (Å²) in [5, 5.41) is 8.05. The molecule has 0 amide bonds. The van der Waals surface area contributed by atoms with Crippen LogP contribution in [0, 0.1) is 0 Å². The second kappa shape index (κ2) is 3.53. The van der Waals surface area contributed by atoms with E-state index in [4.69, 9.17) is 10.8 Å². The number of alkyl halides is 3. The predicted octanol–water partition coefficient (Wildman–Crippen LogP) is -0.0802. The smallest absolute Gasteiger partial charge is 0.450 e. The molecule has 0 saturated heterocycles. The Hall–Kier alpha value is -1.11. The Balaban J connectivity index is 4.11. The van der Waals surface area contributed by atoms with Crippen LogP contribution in [0.2, 0.25) is 0 Å². The van der Waals surface area contributed by atoms with Crippen LogP contribution in [0.15, 0.2) is 0 Å². The number of ketones is 1. The summed E-state index contributed by atoms with van der Waals surface area (Å²) in [6.07, 6.45) is -6.23. The van der Waals surface area contributed by atoms with Crippen molar-refractivity contribution in [2.75, 3.05) is 0 Å². The number of Topliss-reactive ketones (excluding diaryl/α,β-unsaturated/α-hetero) is 1. The van der Waals surface area contributed by atoms with Crippen LogP contribution in [0.4, 0.5) is 13.2 Å². The van der Waals surface area contributed by atoms with E-state index in [1.165, 1.54) is 0 Å². The average Bonchev–Trinajstić information content (AvgIpc) is 1.85. The van der Waals surface area contributed by atoms with Gasteiger partial charge in [0.05, 0.1) is 0 Å². The summed E-state index contributed by atoms with van der Waals surface area (Å²) in [6.45, 7) is 0. The molecule has 0 fully saturated rings. The minimum absolute atomic E-state index is 1.22. The van der Waals surface area contributed by atoms with Crippen LogP contribution in [-0.2, 0) is 9.59 Å². The zero-order chi connectivity index (χ0) is 9.94. The van der Waals surface area contributed by atoms with E-state index < -0.39 is 30.4 Å². The fourth-order valence-corrected chi connectivity index (χ4v) is 0.403. The summed E-state index contributed by atoms with van der Waals surface area (Å²) < 4.78 is 34.4. The van der Waals surface area contributed by atoms with Crippen molar-refractivity contribution in [3.63, 3.8) is 0 Å². The molecular weight excluding hydrogens is 179 g/mol. The first-order valence-corrected chi connectivity index (χ1v) is 2.83. The second-order valence-electron chi connectivity index (χ2n) is 2.07. The number of carbonyl (C=O) groups excluding carboxylic acids is 1. The molecule has 0 bridgehead atoms. The largest absolute Gasteiger partial charge is 0.480 e. The first-order valence-electron chi connectivity index (χ1n) is 2.83. The molecule has 3 N–H and O–H groups in total. The maximum atomic E-state index is 11.5. The molecular formula is C5H6F3NO3. The highest BCUT2D eigenvalue weighted by Gasteiger charge is 2.39. The molecule has 7 heteroatoms. The van der Waals surface area contributed by atoms with Crippen molar-refractivity contribution in [2.24, 2.45) is 5.73 Å². The minimum atomic E-state index is -5.01. The molecule has 0 radical (unpaired) electrons. The van der Waals surface area contributed by atoms with Crippen molar-refractivity contribution in [3.05, 3.63) is 0 Å². The van der Waals surface area contributed by atoms with Gasteiger partial charge in [0, 0.05) is 6.42 Å². The van der Waals surface area contributed by atoms with Crippen molar-refractivity contribution >= 4 is 11.8 Å². The predicted molar refractivity (Wildman–Crippen MR) is 31.3 cm³/mol. The normalized spacial score (nSPS) is 14.0.